The summed E-state index contributed by atoms with van der Waals surface area (Å²) in [4.78, 5) is 29.9. The predicted octanol–water partition coefficient (Wildman–Crippen LogP) is 2.48. The van der Waals surface area contributed by atoms with Gasteiger partial charge in [0.25, 0.3) is 0 Å². The monoisotopic (exact) mass is 441 g/mol. The summed E-state index contributed by atoms with van der Waals surface area (Å²) >= 11 is 3.36. The van der Waals surface area contributed by atoms with Gasteiger partial charge in [-0.25, -0.2) is 19.0 Å². The summed E-state index contributed by atoms with van der Waals surface area (Å²) in [6.07, 6.45) is 0. The fourth-order valence-corrected chi connectivity index (χ4v) is 3.33. The highest BCUT2D eigenvalue weighted by molar-refractivity contribution is 9.10. The molecule has 3 rings (SSSR count). The van der Waals surface area contributed by atoms with Crippen LogP contribution in [0.2, 0.25) is 0 Å². The van der Waals surface area contributed by atoms with Crippen molar-refractivity contribution in [3.05, 3.63) is 56.9 Å². The molecule has 0 saturated heterocycles. The van der Waals surface area contributed by atoms with Gasteiger partial charge in [0.05, 0.1) is 11.3 Å². The first-order valence-electron chi connectivity index (χ1n) is 7.18. The summed E-state index contributed by atoms with van der Waals surface area (Å²) in [5.41, 5.74) is 1.05. The molecule has 0 aliphatic heterocycles. The van der Waals surface area contributed by atoms with Crippen LogP contribution in [-0.2, 0) is 4.57 Å². The standard InChI is InChI=1S/C15H13BrN3O6P/c1-8-6-9(16)2-5-12(8)19-14(17-18-15(19)21)11-4-3-10(7-13(11)20)25-26(22,23)24/h2-7,20H,1H3,(H,18,21)(H2,22,23,24). The van der Waals surface area contributed by atoms with E-state index < -0.39 is 13.5 Å². The topological polar surface area (TPSA) is 138 Å². The zero-order valence-electron chi connectivity index (χ0n) is 13.3. The van der Waals surface area contributed by atoms with Gasteiger partial charge in [-0.05, 0) is 42.8 Å². The van der Waals surface area contributed by atoms with Crippen LogP contribution in [0.3, 0.4) is 0 Å². The lowest BCUT2D eigenvalue weighted by Gasteiger charge is -2.12. The van der Waals surface area contributed by atoms with Crippen LogP contribution in [0.25, 0.3) is 17.1 Å². The molecular weight excluding hydrogens is 429 g/mol. The van der Waals surface area contributed by atoms with Crippen LogP contribution in [-0.4, -0.2) is 29.7 Å². The SMILES string of the molecule is Cc1cc(Br)ccc1-n1c(-c2ccc(OP(=O)(O)O)cc2O)n[nH]c1=O. The number of aromatic amines is 1. The smallest absolute Gasteiger partial charge is 0.507 e. The number of phenols is 1. The number of H-pyrrole nitrogens is 1. The summed E-state index contributed by atoms with van der Waals surface area (Å²) in [7, 11) is -4.75. The van der Waals surface area contributed by atoms with Crippen LogP contribution < -0.4 is 10.2 Å². The molecule has 0 amide bonds. The van der Waals surface area contributed by atoms with Crippen molar-refractivity contribution in [2.45, 2.75) is 6.92 Å². The number of halogens is 1. The lowest BCUT2D eigenvalue weighted by atomic mass is 10.1. The molecule has 0 spiro atoms. The molecule has 4 N–H and O–H groups in total. The van der Waals surface area contributed by atoms with Gasteiger partial charge in [0.2, 0.25) is 0 Å². The molecule has 3 aromatic rings. The van der Waals surface area contributed by atoms with Gasteiger partial charge in [-0.2, -0.15) is 5.10 Å². The van der Waals surface area contributed by atoms with Gasteiger partial charge >= 0.3 is 13.5 Å². The fraction of sp³-hybridized carbons (Fsp3) is 0.0667. The van der Waals surface area contributed by atoms with E-state index in [0.29, 0.717) is 5.69 Å². The average Bonchev–Trinajstić information content (AvgIpc) is 2.87. The molecule has 11 heteroatoms. The number of nitrogens with zero attached hydrogens (tertiary/aromatic N) is 2. The first-order valence-corrected chi connectivity index (χ1v) is 9.50. The van der Waals surface area contributed by atoms with E-state index in [-0.39, 0.29) is 22.9 Å². The molecule has 9 nitrogen and oxygen atoms in total. The van der Waals surface area contributed by atoms with E-state index in [4.69, 9.17) is 9.79 Å². The van der Waals surface area contributed by atoms with Crippen LogP contribution in [0.1, 0.15) is 5.56 Å². The predicted molar refractivity (Wildman–Crippen MR) is 96.4 cm³/mol. The molecule has 0 aliphatic carbocycles. The number of rotatable bonds is 4. The van der Waals surface area contributed by atoms with Crippen LogP contribution >= 0.6 is 23.8 Å². The third-order valence-electron chi connectivity index (χ3n) is 3.51. The molecule has 0 unspecified atom stereocenters. The minimum Gasteiger partial charge on any atom is -0.507 e. The second-order valence-electron chi connectivity index (χ2n) is 5.38. The van der Waals surface area contributed by atoms with E-state index in [0.717, 1.165) is 16.1 Å². The molecule has 136 valence electrons. The van der Waals surface area contributed by atoms with Gasteiger partial charge in [-0.1, -0.05) is 15.9 Å². The molecule has 0 saturated carbocycles. The lowest BCUT2D eigenvalue weighted by Crippen LogP contribution is -2.16. The van der Waals surface area contributed by atoms with Crippen molar-refractivity contribution in [1.29, 1.82) is 0 Å². The fourth-order valence-electron chi connectivity index (χ4n) is 2.47. The number of aromatic nitrogens is 3. The van der Waals surface area contributed by atoms with Crippen molar-refractivity contribution < 1.29 is 24.0 Å². The van der Waals surface area contributed by atoms with Crippen molar-refractivity contribution in [3.63, 3.8) is 0 Å². The number of aryl methyl sites for hydroxylation is 1. The highest BCUT2D eigenvalue weighted by Crippen LogP contribution is 2.40. The number of phosphoric ester groups is 1. The molecule has 0 bridgehead atoms. The normalized spacial score (nSPS) is 11.5. The van der Waals surface area contributed by atoms with Crippen LogP contribution in [0.15, 0.2) is 45.7 Å². The molecule has 1 aromatic heterocycles. The maximum absolute atomic E-state index is 12.2. The number of phenolic OH excluding ortho intramolecular Hbond substituents is 1. The molecule has 0 aliphatic rings. The van der Waals surface area contributed by atoms with Crippen LogP contribution in [0.5, 0.6) is 11.5 Å². The van der Waals surface area contributed by atoms with E-state index in [1.54, 1.807) is 12.1 Å². The van der Waals surface area contributed by atoms with Crippen molar-refractivity contribution in [1.82, 2.24) is 14.8 Å². The minimum absolute atomic E-state index is 0.139. The lowest BCUT2D eigenvalue weighted by molar-refractivity contribution is 0.283. The second kappa shape index (κ2) is 6.73. The van der Waals surface area contributed by atoms with Crippen molar-refractivity contribution in [3.8, 4) is 28.6 Å². The zero-order valence-corrected chi connectivity index (χ0v) is 15.7. The van der Waals surface area contributed by atoms with Crippen molar-refractivity contribution >= 4 is 23.8 Å². The first kappa shape index (κ1) is 18.4. The number of hydrogen-bond acceptors (Lipinski definition) is 5. The maximum Gasteiger partial charge on any atom is 0.524 e. The van der Waals surface area contributed by atoms with E-state index in [1.165, 1.54) is 16.7 Å². The summed E-state index contributed by atoms with van der Waals surface area (Å²) in [5.74, 6) is -0.435. The molecule has 1 heterocycles. The Balaban J connectivity index is 2.12. The minimum atomic E-state index is -4.75. The highest BCUT2D eigenvalue weighted by atomic mass is 79.9. The molecular formula is C15H13BrN3O6P. The third kappa shape index (κ3) is 3.73. The molecule has 2 aromatic carbocycles. The Hall–Kier alpha value is -2.39. The van der Waals surface area contributed by atoms with Crippen LogP contribution in [0, 0.1) is 6.92 Å². The van der Waals surface area contributed by atoms with E-state index in [9.17, 15) is 14.5 Å². The molecule has 0 atom stereocenters. The van der Waals surface area contributed by atoms with Crippen molar-refractivity contribution in [2.24, 2.45) is 0 Å². The first-order chi connectivity index (χ1) is 12.2. The summed E-state index contributed by atoms with van der Waals surface area (Å²) in [6, 6.07) is 8.96. The molecule has 26 heavy (non-hydrogen) atoms. The van der Waals surface area contributed by atoms with Gasteiger partial charge in [0.1, 0.15) is 11.5 Å². The number of nitrogens with one attached hydrogen (secondary N) is 1. The average molecular weight is 442 g/mol. The number of hydrogen-bond donors (Lipinski definition) is 4. The summed E-state index contributed by atoms with van der Waals surface area (Å²) in [6.45, 7) is 1.82. The summed E-state index contributed by atoms with van der Waals surface area (Å²) in [5, 5.41) is 16.5. The summed E-state index contributed by atoms with van der Waals surface area (Å²) < 4.78 is 17.5. The van der Waals surface area contributed by atoms with Gasteiger partial charge < -0.3 is 9.63 Å². The Morgan fingerprint density at radius 3 is 2.58 bits per heavy atom. The quantitative estimate of drug-likeness (QED) is 0.456. The Morgan fingerprint density at radius 1 is 1.23 bits per heavy atom. The number of phosphoric acid groups is 1. The van der Waals surface area contributed by atoms with Crippen molar-refractivity contribution in [2.75, 3.05) is 0 Å². The number of benzene rings is 2. The highest BCUT2D eigenvalue weighted by Gasteiger charge is 2.20. The van der Waals surface area contributed by atoms with Crippen LogP contribution in [0.4, 0.5) is 0 Å². The third-order valence-corrected chi connectivity index (χ3v) is 4.45. The largest absolute Gasteiger partial charge is 0.524 e. The van der Waals surface area contributed by atoms with Gasteiger partial charge in [0, 0.05) is 10.5 Å². The van der Waals surface area contributed by atoms with Gasteiger partial charge in [-0.3, -0.25) is 9.79 Å². The van der Waals surface area contributed by atoms with E-state index in [2.05, 4.69) is 30.7 Å². The Bertz CT molecular complexity index is 1090. The second-order valence-corrected chi connectivity index (χ2v) is 7.46. The van der Waals surface area contributed by atoms with Gasteiger partial charge in [-0.15, -0.1) is 0 Å². The number of aromatic hydroxyl groups is 1. The van der Waals surface area contributed by atoms with E-state index >= 15 is 0 Å². The Kier molecular flexibility index (Phi) is 4.76. The van der Waals surface area contributed by atoms with Gasteiger partial charge in [0.15, 0.2) is 5.82 Å². The maximum atomic E-state index is 12.2. The van der Waals surface area contributed by atoms with E-state index in [1.807, 2.05) is 13.0 Å². The Morgan fingerprint density at radius 2 is 1.96 bits per heavy atom. The zero-order chi connectivity index (χ0) is 19.1. The Labute approximate surface area is 155 Å². The molecule has 0 fully saturated rings. The molecule has 0 radical (unpaired) electrons.